The van der Waals surface area contributed by atoms with Crippen LogP contribution in [0.4, 0.5) is 17.5 Å². The largest absolute Gasteiger partial charge is 0.393 e. The Balaban J connectivity index is 1.39. The fourth-order valence-electron chi connectivity index (χ4n) is 5.00. The first-order valence-electron chi connectivity index (χ1n) is 12.5. The number of nitrogens with one attached hydrogen (secondary N) is 1. The van der Waals surface area contributed by atoms with E-state index in [0.29, 0.717) is 34.9 Å². The van der Waals surface area contributed by atoms with Gasteiger partial charge in [-0.15, -0.1) is 0 Å². The highest BCUT2D eigenvalue weighted by atomic mass is 16.5. The van der Waals surface area contributed by atoms with E-state index in [1.165, 1.54) is 19.8 Å². The Hall–Kier alpha value is -2.75. The van der Waals surface area contributed by atoms with Gasteiger partial charge in [-0.1, -0.05) is 6.07 Å². The SMILES string of the molecule is C[C@@H]1CN(c2cccc(NC(=O)c3ccc([C@](C)(O)CO)nc3N3CCC4(CC3)CC4)n2)CCO1. The van der Waals surface area contributed by atoms with E-state index in [4.69, 9.17) is 4.74 Å². The first kappa shape index (κ1) is 24.0. The highest BCUT2D eigenvalue weighted by Crippen LogP contribution is 2.54. The van der Waals surface area contributed by atoms with Gasteiger partial charge in [0.2, 0.25) is 0 Å². The monoisotopic (exact) mass is 481 g/mol. The van der Waals surface area contributed by atoms with Crippen molar-refractivity contribution in [1.82, 2.24) is 9.97 Å². The quantitative estimate of drug-likeness (QED) is 0.577. The van der Waals surface area contributed by atoms with Crippen LogP contribution in [0.2, 0.25) is 0 Å². The molecule has 1 saturated carbocycles. The summed E-state index contributed by atoms with van der Waals surface area (Å²) in [6.07, 6.45) is 4.86. The number of ether oxygens (including phenoxy) is 1. The fourth-order valence-corrected chi connectivity index (χ4v) is 5.00. The molecule has 2 aromatic rings. The smallest absolute Gasteiger partial charge is 0.260 e. The topological polar surface area (TPSA) is 111 Å². The van der Waals surface area contributed by atoms with Crippen LogP contribution in [0.25, 0.3) is 0 Å². The van der Waals surface area contributed by atoms with Crippen molar-refractivity contribution in [1.29, 1.82) is 0 Å². The minimum atomic E-state index is -1.48. The van der Waals surface area contributed by atoms with Crippen molar-refractivity contribution < 1.29 is 19.7 Å². The Bertz CT molecular complexity index is 1080. The third-order valence-corrected chi connectivity index (χ3v) is 7.60. The van der Waals surface area contributed by atoms with Crippen LogP contribution >= 0.6 is 0 Å². The zero-order chi connectivity index (χ0) is 24.6. The van der Waals surface area contributed by atoms with Gasteiger partial charge in [0.05, 0.1) is 30.6 Å². The molecule has 0 aromatic carbocycles. The number of hydrogen-bond acceptors (Lipinski definition) is 8. The molecule has 35 heavy (non-hydrogen) atoms. The van der Waals surface area contributed by atoms with Crippen LogP contribution in [0, 0.1) is 5.41 Å². The van der Waals surface area contributed by atoms with Gasteiger partial charge in [-0.2, -0.15) is 0 Å². The van der Waals surface area contributed by atoms with Crippen molar-refractivity contribution >= 4 is 23.4 Å². The fraction of sp³-hybridized carbons (Fsp3) is 0.577. The number of nitrogens with zero attached hydrogens (tertiary/aromatic N) is 4. The van der Waals surface area contributed by atoms with Crippen LogP contribution < -0.4 is 15.1 Å². The second-order valence-electron chi connectivity index (χ2n) is 10.4. The Morgan fingerprint density at radius 2 is 1.91 bits per heavy atom. The van der Waals surface area contributed by atoms with Crippen molar-refractivity contribution in [3.63, 3.8) is 0 Å². The van der Waals surface area contributed by atoms with Crippen LogP contribution in [0.15, 0.2) is 30.3 Å². The van der Waals surface area contributed by atoms with Crippen LogP contribution in [-0.2, 0) is 10.3 Å². The summed E-state index contributed by atoms with van der Waals surface area (Å²) < 4.78 is 5.63. The van der Waals surface area contributed by atoms with Gasteiger partial charge in [-0.3, -0.25) is 4.79 Å². The first-order chi connectivity index (χ1) is 16.8. The predicted octanol–water partition coefficient (Wildman–Crippen LogP) is 2.53. The van der Waals surface area contributed by atoms with E-state index >= 15 is 0 Å². The number of aliphatic hydroxyl groups is 2. The number of amides is 1. The van der Waals surface area contributed by atoms with Crippen LogP contribution in [0.5, 0.6) is 0 Å². The van der Waals surface area contributed by atoms with E-state index in [9.17, 15) is 15.0 Å². The number of aromatic nitrogens is 2. The van der Waals surface area contributed by atoms with E-state index in [2.05, 4.69) is 25.1 Å². The minimum absolute atomic E-state index is 0.131. The number of carbonyl (C=O) groups excluding carboxylic acids is 1. The third kappa shape index (κ3) is 5.12. The molecule has 3 N–H and O–H groups in total. The minimum Gasteiger partial charge on any atom is -0.393 e. The summed E-state index contributed by atoms with van der Waals surface area (Å²) in [5.41, 5.74) is -0.224. The number of morpholine rings is 1. The van der Waals surface area contributed by atoms with E-state index < -0.39 is 12.2 Å². The zero-order valence-corrected chi connectivity index (χ0v) is 20.5. The molecule has 0 unspecified atom stereocenters. The molecule has 5 rings (SSSR count). The molecule has 1 spiro atoms. The molecule has 2 atom stereocenters. The number of pyridine rings is 2. The van der Waals surface area contributed by atoms with Crippen molar-refractivity contribution in [3.05, 3.63) is 41.6 Å². The van der Waals surface area contributed by atoms with Crippen molar-refractivity contribution in [2.24, 2.45) is 5.41 Å². The summed E-state index contributed by atoms with van der Waals surface area (Å²) >= 11 is 0. The predicted molar refractivity (Wildman–Crippen MR) is 134 cm³/mol. The van der Waals surface area contributed by atoms with Gasteiger partial charge >= 0.3 is 0 Å². The van der Waals surface area contributed by atoms with Gasteiger partial charge < -0.3 is 30.1 Å². The van der Waals surface area contributed by atoms with E-state index in [0.717, 1.165) is 44.8 Å². The summed E-state index contributed by atoms with van der Waals surface area (Å²) in [7, 11) is 0. The summed E-state index contributed by atoms with van der Waals surface area (Å²) in [4.78, 5) is 27.1. The highest BCUT2D eigenvalue weighted by molar-refractivity contribution is 6.07. The molecular formula is C26H35N5O4. The third-order valence-electron chi connectivity index (χ3n) is 7.60. The van der Waals surface area contributed by atoms with E-state index in [1.54, 1.807) is 18.2 Å². The molecule has 3 fully saturated rings. The zero-order valence-electron chi connectivity index (χ0n) is 20.5. The molecule has 2 aliphatic heterocycles. The van der Waals surface area contributed by atoms with Gasteiger partial charge in [0, 0.05) is 26.2 Å². The maximum atomic E-state index is 13.4. The van der Waals surface area contributed by atoms with Gasteiger partial charge in [-0.25, -0.2) is 9.97 Å². The molecule has 9 heteroatoms. The second-order valence-corrected chi connectivity index (χ2v) is 10.4. The molecule has 2 aromatic heterocycles. The number of rotatable bonds is 6. The molecule has 0 radical (unpaired) electrons. The average Bonchev–Trinajstić information content (AvgIpc) is 3.63. The molecule has 3 aliphatic rings. The Morgan fingerprint density at radius 1 is 1.14 bits per heavy atom. The number of piperidine rings is 1. The van der Waals surface area contributed by atoms with Crippen LogP contribution in [0.1, 0.15) is 55.6 Å². The summed E-state index contributed by atoms with van der Waals surface area (Å²) in [6, 6.07) is 8.90. The van der Waals surface area contributed by atoms with Crippen molar-refractivity contribution in [3.8, 4) is 0 Å². The van der Waals surface area contributed by atoms with Gasteiger partial charge in [0.25, 0.3) is 5.91 Å². The number of hydrogen-bond donors (Lipinski definition) is 3. The normalized spacial score (nSPS) is 23.1. The van der Waals surface area contributed by atoms with Crippen molar-refractivity contribution in [2.75, 3.05) is 54.5 Å². The number of aliphatic hydroxyl groups excluding tert-OH is 1. The first-order valence-corrected chi connectivity index (χ1v) is 12.5. The average molecular weight is 482 g/mol. The summed E-state index contributed by atoms with van der Waals surface area (Å²) in [5.74, 6) is 1.52. The molecule has 0 bridgehead atoms. The lowest BCUT2D eigenvalue weighted by Crippen LogP contribution is -2.41. The molecule has 188 valence electrons. The Labute approximate surface area is 206 Å². The second kappa shape index (κ2) is 9.37. The maximum absolute atomic E-state index is 13.4. The number of anilines is 3. The summed E-state index contributed by atoms with van der Waals surface area (Å²) in [5, 5.41) is 23.2. The molecule has 1 amide bonds. The van der Waals surface area contributed by atoms with Crippen LogP contribution in [0.3, 0.4) is 0 Å². The lowest BCUT2D eigenvalue weighted by atomic mass is 9.93. The number of carbonyl (C=O) groups is 1. The Kier molecular flexibility index (Phi) is 6.41. The molecule has 2 saturated heterocycles. The highest BCUT2D eigenvalue weighted by Gasteiger charge is 2.45. The van der Waals surface area contributed by atoms with E-state index in [-0.39, 0.29) is 12.0 Å². The van der Waals surface area contributed by atoms with Crippen LogP contribution in [-0.4, -0.2) is 71.6 Å². The lowest BCUT2D eigenvalue weighted by Gasteiger charge is -2.34. The molecular weight excluding hydrogens is 446 g/mol. The van der Waals surface area contributed by atoms with Crippen molar-refractivity contribution in [2.45, 2.75) is 51.2 Å². The van der Waals surface area contributed by atoms with Gasteiger partial charge in [0.15, 0.2) is 0 Å². The molecule has 1 aliphatic carbocycles. The van der Waals surface area contributed by atoms with Gasteiger partial charge in [-0.05, 0) is 69.2 Å². The van der Waals surface area contributed by atoms with Gasteiger partial charge in [0.1, 0.15) is 23.1 Å². The Morgan fingerprint density at radius 3 is 2.60 bits per heavy atom. The standard InChI is InChI=1S/C26H35N5O4/c1-18-16-31(14-15-35-18)22-5-3-4-21(28-22)29-24(33)19-6-7-20(25(2,34)17-32)27-23(19)30-12-10-26(8-9-26)11-13-30/h3-7,18,32,34H,8-17H2,1-2H3,(H,28,29,33)/t18-,25-/m1/s1. The molecule has 9 nitrogen and oxygen atoms in total. The molecule has 4 heterocycles. The van der Waals surface area contributed by atoms with E-state index in [1.807, 2.05) is 19.1 Å². The maximum Gasteiger partial charge on any atom is 0.260 e. The summed E-state index contributed by atoms with van der Waals surface area (Å²) in [6.45, 7) is 6.90. The lowest BCUT2D eigenvalue weighted by molar-refractivity contribution is -0.00581.